The Morgan fingerprint density at radius 2 is 2.45 bits per heavy atom. The van der Waals surface area contributed by atoms with Crippen LogP contribution in [0, 0.1) is 0 Å². The highest BCUT2D eigenvalue weighted by Crippen LogP contribution is 1.96. The highest BCUT2D eigenvalue weighted by molar-refractivity contribution is 4.98. The van der Waals surface area contributed by atoms with Crippen molar-refractivity contribution in [2.75, 3.05) is 6.54 Å². The second-order valence-corrected chi connectivity index (χ2v) is 2.73. The lowest BCUT2D eigenvalue weighted by atomic mass is 10.2. The van der Waals surface area contributed by atoms with Crippen molar-refractivity contribution in [3.63, 3.8) is 0 Å². The second-order valence-electron chi connectivity index (χ2n) is 2.73. The fourth-order valence-corrected chi connectivity index (χ4v) is 0.924. The fraction of sp³-hybridized carbons (Fsp3) is 0.571. The molecule has 0 radical (unpaired) electrons. The Morgan fingerprint density at radius 1 is 1.73 bits per heavy atom. The van der Waals surface area contributed by atoms with E-state index in [-0.39, 0.29) is 6.04 Å². The quantitative estimate of drug-likeness (QED) is 0.601. The first-order valence-corrected chi connectivity index (χ1v) is 3.65. The lowest BCUT2D eigenvalue weighted by molar-refractivity contribution is 0.669. The van der Waals surface area contributed by atoms with E-state index in [0.29, 0.717) is 6.54 Å². The van der Waals surface area contributed by atoms with E-state index >= 15 is 0 Å². The molecule has 4 N–H and O–H groups in total. The third-order valence-corrected chi connectivity index (χ3v) is 1.53. The molecule has 4 nitrogen and oxygen atoms in total. The Hall–Kier alpha value is -0.870. The zero-order valence-corrected chi connectivity index (χ0v) is 6.70. The predicted molar refractivity (Wildman–Crippen MR) is 43.9 cm³/mol. The van der Waals surface area contributed by atoms with Crippen LogP contribution in [-0.2, 0) is 13.5 Å². The van der Waals surface area contributed by atoms with Crippen molar-refractivity contribution >= 4 is 0 Å². The van der Waals surface area contributed by atoms with Gasteiger partial charge in [-0.25, -0.2) is 4.98 Å². The Labute approximate surface area is 66.2 Å². The Morgan fingerprint density at radius 3 is 2.91 bits per heavy atom. The van der Waals surface area contributed by atoms with E-state index in [2.05, 4.69) is 4.98 Å². The summed E-state index contributed by atoms with van der Waals surface area (Å²) in [6.45, 7) is 0.510. The van der Waals surface area contributed by atoms with Gasteiger partial charge in [0.05, 0.1) is 12.0 Å². The van der Waals surface area contributed by atoms with Gasteiger partial charge in [-0.15, -0.1) is 0 Å². The Bertz CT molecular complexity index is 218. The maximum absolute atomic E-state index is 5.64. The zero-order chi connectivity index (χ0) is 8.27. The van der Waals surface area contributed by atoms with E-state index in [4.69, 9.17) is 11.5 Å². The van der Waals surface area contributed by atoms with Crippen molar-refractivity contribution < 1.29 is 0 Å². The molecule has 62 valence electrons. The third kappa shape index (κ3) is 2.32. The first kappa shape index (κ1) is 8.23. The third-order valence-electron chi connectivity index (χ3n) is 1.53. The molecular formula is C7H14N4. The Kier molecular flexibility index (Phi) is 2.62. The maximum Gasteiger partial charge on any atom is 0.0946 e. The van der Waals surface area contributed by atoms with E-state index in [0.717, 1.165) is 12.1 Å². The number of nitrogens with two attached hydrogens (primary N) is 2. The molecule has 1 unspecified atom stereocenters. The van der Waals surface area contributed by atoms with Crippen LogP contribution in [0.15, 0.2) is 12.5 Å². The first-order valence-electron chi connectivity index (χ1n) is 3.65. The number of hydrogen-bond acceptors (Lipinski definition) is 3. The highest BCUT2D eigenvalue weighted by atomic mass is 15.0. The van der Waals surface area contributed by atoms with Crippen LogP contribution in [0.1, 0.15) is 5.69 Å². The molecule has 1 aromatic heterocycles. The predicted octanol–water partition coefficient (Wildman–Crippen LogP) is -0.751. The molecule has 0 aliphatic heterocycles. The van der Waals surface area contributed by atoms with Gasteiger partial charge in [-0.2, -0.15) is 0 Å². The molecule has 1 aromatic rings. The summed E-state index contributed by atoms with van der Waals surface area (Å²) in [6, 6.07) is 0.0323. The summed E-state index contributed by atoms with van der Waals surface area (Å²) in [5, 5.41) is 0. The lowest BCUT2D eigenvalue weighted by Crippen LogP contribution is -2.31. The van der Waals surface area contributed by atoms with Gasteiger partial charge in [-0.3, -0.25) is 0 Å². The van der Waals surface area contributed by atoms with Crippen LogP contribution in [0.4, 0.5) is 0 Å². The first-order chi connectivity index (χ1) is 5.22. The number of imidazole rings is 1. The molecule has 11 heavy (non-hydrogen) atoms. The summed E-state index contributed by atoms with van der Waals surface area (Å²) in [5.74, 6) is 0. The van der Waals surface area contributed by atoms with Gasteiger partial charge in [-0.1, -0.05) is 0 Å². The molecule has 0 spiro atoms. The van der Waals surface area contributed by atoms with Crippen LogP contribution in [0.5, 0.6) is 0 Å². The van der Waals surface area contributed by atoms with Gasteiger partial charge in [0.15, 0.2) is 0 Å². The molecule has 1 heterocycles. The van der Waals surface area contributed by atoms with Gasteiger partial charge in [0.1, 0.15) is 0 Å². The maximum atomic E-state index is 5.64. The molecule has 4 heteroatoms. The van der Waals surface area contributed by atoms with Gasteiger partial charge in [0.25, 0.3) is 0 Å². The standard InChI is InChI=1S/C7H14N4/c1-11-4-7(10-5-11)2-6(9)3-8/h4-6H,2-3,8-9H2,1H3. The molecule has 0 bridgehead atoms. The van der Waals surface area contributed by atoms with Crippen LogP contribution < -0.4 is 11.5 Å². The summed E-state index contributed by atoms with van der Waals surface area (Å²) in [7, 11) is 1.93. The Balaban J connectivity index is 2.50. The normalized spacial score (nSPS) is 13.4. The summed E-state index contributed by atoms with van der Waals surface area (Å²) in [6.07, 6.45) is 4.48. The summed E-state index contributed by atoms with van der Waals surface area (Å²) >= 11 is 0. The van der Waals surface area contributed by atoms with Gasteiger partial charge in [-0.05, 0) is 0 Å². The van der Waals surface area contributed by atoms with E-state index in [1.165, 1.54) is 0 Å². The van der Waals surface area contributed by atoms with Crippen LogP contribution in [0.2, 0.25) is 0 Å². The van der Waals surface area contributed by atoms with Crippen molar-refractivity contribution in [3.05, 3.63) is 18.2 Å². The minimum Gasteiger partial charge on any atom is -0.340 e. The number of rotatable bonds is 3. The lowest BCUT2D eigenvalue weighted by Gasteiger charge is -2.04. The van der Waals surface area contributed by atoms with E-state index in [9.17, 15) is 0 Å². The molecular weight excluding hydrogens is 140 g/mol. The van der Waals surface area contributed by atoms with Gasteiger partial charge in [0.2, 0.25) is 0 Å². The molecule has 0 amide bonds. The number of aryl methyl sites for hydroxylation is 1. The molecule has 0 aromatic carbocycles. The zero-order valence-electron chi connectivity index (χ0n) is 6.70. The summed E-state index contributed by atoms with van der Waals surface area (Å²) in [4.78, 5) is 4.13. The SMILES string of the molecule is Cn1cnc(CC(N)CN)c1. The molecule has 1 atom stereocenters. The second kappa shape index (κ2) is 3.50. The van der Waals surface area contributed by atoms with Crippen LogP contribution in [0.3, 0.4) is 0 Å². The van der Waals surface area contributed by atoms with Gasteiger partial charge >= 0.3 is 0 Å². The van der Waals surface area contributed by atoms with Crippen molar-refractivity contribution in [1.29, 1.82) is 0 Å². The summed E-state index contributed by atoms with van der Waals surface area (Å²) in [5.41, 5.74) is 12.0. The fourth-order valence-electron chi connectivity index (χ4n) is 0.924. The number of aromatic nitrogens is 2. The van der Waals surface area contributed by atoms with Gasteiger partial charge in [0, 0.05) is 32.3 Å². The monoisotopic (exact) mass is 154 g/mol. The molecule has 1 rings (SSSR count). The molecule has 0 aliphatic rings. The minimum absolute atomic E-state index is 0.0323. The molecule has 0 saturated heterocycles. The average Bonchev–Trinajstić information content (AvgIpc) is 2.35. The van der Waals surface area contributed by atoms with E-state index in [1.54, 1.807) is 6.33 Å². The van der Waals surface area contributed by atoms with Crippen molar-refractivity contribution in [3.8, 4) is 0 Å². The van der Waals surface area contributed by atoms with Crippen LogP contribution >= 0.6 is 0 Å². The molecule has 0 fully saturated rings. The summed E-state index contributed by atoms with van der Waals surface area (Å²) < 4.78 is 1.90. The molecule has 0 saturated carbocycles. The number of hydrogen-bond donors (Lipinski definition) is 2. The van der Waals surface area contributed by atoms with Gasteiger partial charge < -0.3 is 16.0 Å². The smallest absolute Gasteiger partial charge is 0.0946 e. The van der Waals surface area contributed by atoms with Crippen LogP contribution in [-0.4, -0.2) is 22.1 Å². The van der Waals surface area contributed by atoms with Crippen molar-refractivity contribution in [2.45, 2.75) is 12.5 Å². The highest BCUT2D eigenvalue weighted by Gasteiger charge is 2.02. The topological polar surface area (TPSA) is 69.9 Å². The largest absolute Gasteiger partial charge is 0.340 e. The van der Waals surface area contributed by atoms with Crippen LogP contribution in [0.25, 0.3) is 0 Å². The molecule has 0 aliphatic carbocycles. The van der Waals surface area contributed by atoms with E-state index in [1.807, 2.05) is 17.8 Å². The number of nitrogens with zero attached hydrogens (tertiary/aromatic N) is 2. The minimum atomic E-state index is 0.0323. The van der Waals surface area contributed by atoms with Crippen molar-refractivity contribution in [2.24, 2.45) is 18.5 Å². The average molecular weight is 154 g/mol. The van der Waals surface area contributed by atoms with E-state index < -0.39 is 0 Å². The van der Waals surface area contributed by atoms with Crippen molar-refractivity contribution in [1.82, 2.24) is 9.55 Å².